The van der Waals surface area contributed by atoms with E-state index < -0.39 is 35.8 Å². The molecular formula is C23H22N2O6. The van der Waals surface area contributed by atoms with Crippen LogP contribution in [-0.4, -0.2) is 52.1 Å². The van der Waals surface area contributed by atoms with Crippen LogP contribution in [0.5, 0.6) is 0 Å². The first-order valence-electron chi connectivity index (χ1n) is 9.91. The fraction of sp³-hybridized carbons (Fsp3) is 0.261. The van der Waals surface area contributed by atoms with Gasteiger partial charge in [-0.3, -0.25) is 19.3 Å². The Hall–Kier alpha value is -3.81. The third-order valence-corrected chi connectivity index (χ3v) is 5.14. The molecule has 2 aromatic rings. The van der Waals surface area contributed by atoms with Gasteiger partial charge in [-0.2, -0.15) is 0 Å². The Morgan fingerprint density at radius 2 is 1.55 bits per heavy atom. The molecule has 1 aliphatic rings. The Kier molecular flexibility index (Phi) is 6.92. The Bertz CT molecular complexity index is 969. The molecule has 1 heterocycles. The summed E-state index contributed by atoms with van der Waals surface area (Å²) in [6.45, 7) is 0. The number of unbranched alkanes of at least 4 members (excludes halogenated alkanes) is 1. The second kappa shape index (κ2) is 9.80. The summed E-state index contributed by atoms with van der Waals surface area (Å²) >= 11 is 0. The largest absolute Gasteiger partial charge is 0.480 e. The Balaban J connectivity index is 1.83. The Morgan fingerprint density at radius 3 is 2.10 bits per heavy atom. The summed E-state index contributed by atoms with van der Waals surface area (Å²) in [5.41, 5.74) is 1.10. The van der Waals surface area contributed by atoms with Crippen LogP contribution in [0.25, 0.3) is 0 Å². The molecule has 8 nitrogen and oxygen atoms in total. The van der Waals surface area contributed by atoms with Crippen molar-refractivity contribution < 1.29 is 29.1 Å². The number of hydrogen-bond donors (Lipinski definition) is 2. The molecule has 0 fully saturated rings. The highest BCUT2D eigenvalue weighted by Crippen LogP contribution is 2.26. The fourth-order valence-electron chi connectivity index (χ4n) is 3.58. The predicted molar refractivity (Wildman–Crippen MR) is 110 cm³/mol. The van der Waals surface area contributed by atoms with Gasteiger partial charge in [0.2, 0.25) is 5.91 Å². The van der Waals surface area contributed by atoms with E-state index in [2.05, 4.69) is 5.32 Å². The van der Waals surface area contributed by atoms with Crippen molar-refractivity contribution in [2.45, 2.75) is 37.8 Å². The SMILES string of the molecule is O=CCCCC(C(=O)NC(Cc1ccccc1)C(=O)O)N1C(=O)c2ccccc2C1=O. The molecular weight excluding hydrogens is 400 g/mol. The summed E-state index contributed by atoms with van der Waals surface area (Å²) < 4.78 is 0. The summed E-state index contributed by atoms with van der Waals surface area (Å²) in [6.07, 6.45) is 1.20. The zero-order valence-electron chi connectivity index (χ0n) is 16.7. The van der Waals surface area contributed by atoms with E-state index in [1.54, 1.807) is 42.5 Å². The number of fused-ring (bicyclic) bond motifs is 1. The van der Waals surface area contributed by atoms with Crippen LogP contribution in [0, 0.1) is 0 Å². The maximum absolute atomic E-state index is 13.1. The van der Waals surface area contributed by atoms with E-state index >= 15 is 0 Å². The van der Waals surface area contributed by atoms with Gasteiger partial charge in [-0.1, -0.05) is 42.5 Å². The molecule has 160 valence electrons. The number of carbonyl (C=O) groups excluding carboxylic acids is 4. The number of aliphatic carboxylic acids is 1. The molecule has 2 atom stereocenters. The molecule has 0 saturated heterocycles. The molecule has 3 rings (SSSR count). The van der Waals surface area contributed by atoms with Crippen molar-refractivity contribution in [3.05, 3.63) is 71.3 Å². The van der Waals surface area contributed by atoms with E-state index in [1.165, 1.54) is 12.1 Å². The molecule has 2 N–H and O–H groups in total. The van der Waals surface area contributed by atoms with Gasteiger partial charge in [-0.25, -0.2) is 4.79 Å². The molecule has 2 aromatic carbocycles. The van der Waals surface area contributed by atoms with Crippen LogP contribution in [0.4, 0.5) is 0 Å². The topological polar surface area (TPSA) is 121 Å². The fourth-order valence-corrected chi connectivity index (χ4v) is 3.58. The second-order valence-electron chi connectivity index (χ2n) is 7.23. The van der Waals surface area contributed by atoms with Gasteiger partial charge in [-0.05, 0) is 30.5 Å². The first kappa shape index (κ1) is 21.9. The summed E-state index contributed by atoms with van der Waals surface area (Å²) in [5.74, 6) is -3.20. The van der Waals surface area contributed by atoms with Crippen molar-refractivity contribution in [3.8, 4) is 0 Å². The maximum Gasteiger partial charge on any atom is 0.326 e. The number of hydrogen-bond acceptors (Lipinski definition) is 5. The van der Waals surface area contributed by atoms with Crippen LogP contribution < -0.4 is 5.32 Å². The van der Waals surface area contributed by atoms with Gasteiger partial charge in [0.05, 0.1) is 11.1 Å². The lowest BCUT2D eigenvalue weighted by atomic mass is 10.0. The highest BCUT2D eigenvalue weighted by atomic mass is 16.4. The summed E-state index contributed by atoms with van der Waals surface area (Å²) in [4.78, 5) is 62.1. The summed E-state index contributed by atoms with van der Waals surface area (Å²) in [5, 5.41) is 12.0. The van der Waals surface area contributed by atoms with Gasteiger partial charge in [-0.15, -0.1) is 0 Å². The number of carbonyl (C=O) groups is 5. The third-order valence-electron chi connectivity index (χ3n) is 5.14. The van der Waals surface area contributed by atoms with Crippen molar-refractivity contribution in [1.82, 2.24) is 10.2 Å². The molecule has 8 heteroatoms. The van der Waals surface area contributed by atoms with E-state index in [4.69, 9.17) is 0 Å². The Labute approximate surface area is 178 Å². The molecule has 0 aromatic heterocycles. The molecule has 0 radical (unpaired) electrons. The van der Waals surface area contributed by atoms with Crippen LogP contribution in [0.3, 0.4) is 0 Å². The standard InChI is InChI=1S/C23H22N2O6/c26-13-7-6-12-19(25-21(28)16-10-4-5-11-17(16)22(25)29)20(27)24-18(23(30)31)14-15-8-2-1-3-9-15/h1-5,8-11,13,18-19H,6-7,12,14H2,(H,24,27)(H,30,31). The lowest BCUT2D eigenvalue weighted by molar-refractivity contribution is -0.142. The number of carboxylic acid groups (broad SMARTS) is 1. The highest BCUT2D eigenvalue weighted by molar-refractivity contribution is 6.22. The number of carboxylic acids is 1. The second-order valence-corrected chi connectivity index (χ2v) is 7.23. The molecule has 31 heavy (non-hydrogen) atoms. The van der Waals surface area contributed by atoms with Gasteiger partial charge < -0.3 is 15.2 Å². The first-order valence-corrected chi connectivity index (χ1v) is 9.91. The number of benzene rings is 2. The molecule has 1 aliphatic heterocycles. The molecule has 3 amide bonds. The third kappa shape index (κ3) is 4.85. The highest BCUT2D eigenvalue weighted by Gasteiger charge is 2.43. The normalized spacial score (nSPS) is 14.6. The monoisotopic (exact) mass is 422 g/mol. The molecule has 0 bridgehead atoms. The van der Waals surface area contributed by atoms with Crippen LogP contribution in [0.15, 0.2) is 54.6 Å². The summed E-state index contributed by atoms with van der Waals surface area (Å²) in [6, 6.07) is 12.6. The zero-order chi connectivity index (χ0) is 22.4. The zero-order valence-corrected chi connectivity index (χ0v) is 16.7. The number of imide groups is 1. The van der Waals surface area contributed by atoms with Crippen LogP contribution in [0.2, 0.25) is 0 Å². The van der Waals surface area contributed by atoms with Gasteiger partial charge >= 0.3 is 5.97 Å². The molecule has 0 aliphatic carbocycles. The number of nitrogens with zero attached hydrogens (tertiary/aromatic N) is 1. The van der Waals surface area contributed by atoms with E-state index in [9.17, 15) is 29.1 Å². The number of amides is 3. The van der Waals surface area contributed by atoms with Gasteiger partial charge in [0.1, 0.15) is 18.4 Å². The number of aldehydes is 1. The number of nitrogens with one attached hydrogen (secondary N) is 1. The quantitative estimate of drug-likeness (QED) is 0.342. The Morgan fingerprint density at radius 1 is 0.968 bits per heavy atom. The van der Waals surface area contributed by atoms with Gasteiger partial charge in [0.25, 0.3) is 11.8 Å². The minimum atomic E-state index is -1.24. The van der Waals surface area contributed by atoms with E-state index in [-0.39, 0.29) is 36.8 Å². The average molecular weight is 422 g/mol. The van der Waals surface area contributed by atoms with Crippen molar-refractivity contribution in [1.29, 1.82) is 0 Å². The van der Waals surface area contributed by atoms with Crippen LogP contribution in [0.1, 0.15) is 45.5 Å². The minimum Gasteiger partial charge on any atom is -0.480 e. The van der Waals surface area contributed by atoms with Gasteiger partial charge in [0.15, 0.2) is 0 Å². The first-order chi connectivity index (χ1) is 14.9. The minimum absolute atomic E-state index is 0.0467. The van der Waals surface area contributed by atoms with E-state index in [1.807, 2.05) is 0 Å². The molecule has 0 saturated carbocycles. The molecule has 2 unspecified atom stereocenters. The van der Waals surface area contributed by atoms with Gasteiger partial charge in [0, 0.05) is 12.8 Å². The van der Waals surface area contributed by atoms with Crippen molar-refractivity contribution in [2.24, 2.45) is 0 Å². The predicted octanol–water partition coefficient (Wildman–Crippen LogP) is 1.83. The van der Waals surface area contributed by atoms with Crippen LogP contribution >= 0.6 is 0 Å². The van der Waals surface area contributed by atoms with Crippen LogP contribution in [-0.2, 0) is 20.8 Å². The summed E-state index contributed by atoms with van der Waals surface area (Å²) in [7, 11) is 0. The lowest BCUT2D eigenvalue weighted by Crippen LogP contribution is -2.53. The van der Waals surface area contributed by atoms with Crippen molar-refractivity contribution in [3.63, 3.8) is 0 Å². The molecule has 0 spiro atoms. The smallest absolute Gasteiger partial charge is 0.326 e. The lowest BCUT2D eigenvalue weighted by Gasteiger charge is -2.27. The maximum atomic E-state index is 13.1. The van der Waals surface area contributed by atoms with Crippen molar-refractivity contribution >= 4 is 30.0 Å². The number of rotatable bonds is 10. The van der Waals surface area contributed by atoms with E-state index in [0.717, 1.165) is 4.90 Å². The van der Waals surface area contributed by atoms with Crippen molar-refractivity contribution in [2.75, 3.05) is 0 Å². The van der Waals surface area contributed by atoms with E-state index in [0.29, 0.717) is 11.8 Å². The average Bonchev–Trinajstić information content (AvgIpc) is 3.02.